The van der Waals surface area contributed by atoms with Gasteiger partial charge in [0.05, 0.1) is 12.5 Å². The fraction of sp³-hybridized carbons (Fsp3) is 0.579. The molecule has 0 radical (unpaired) electrons. The van der Waals surface area contributed by atoms with Crippen molar-refractivity contribution in [2.24, 2.45) is 10.8 Å². The number of hydrogen-bond donors (Lipinski definition) is 1. The molecule has 0 aliphatic heterocycles. The SMILES string of the molecule is Cc1ccc(CC(=O)NC(C(=O)C(C)(C)C)C(C)(C)C)cc1F. The zero-order valence-electron chi connectivity index (χ0n) is 15.2. The molecular formula is C19H28FNO2. The molecule has 0 aliphatic carbocycles. The lowest BCUT2D eigenvalue weighted by molar-refractivity contribution is -0.135. The van der Waals surface area contributed by atoms with Crippen LogP contribution in [0.25, 0.3) is 0 Å². The third-order valence-electron chi connectivity index (χ3n) is 3.77. The van der Waals surface area contributed by atoms with Crippen LogP contribution in [0.5, 0.6) is 0 Å². The van der Waals surface area contributed by atoms with Crippen LogP contribution in [0, 0.1) is 23.6 Å². The largest absolute Gasteiger partial charge is 0.345 e. The molecule has 1 amide bonds. The molecule has 1 rings (SSSR count). The van der Waals surface area contributed by atoms with Gasteiger partial charge in [-0.2, -0.15) is 0 Å². The third kappa shape index (κ3) is 5.45. The minimum Gasteiger partial charge on any atom is -0.345 e. The number of halogens is 1. The molecule has 0 heterocycles. The molecule has 3 nitrogen and oxygen atoms in total. The van der Waals surface area contributed by atoms with Gasteiger partial charge in [0.1, 0.15) is 5.82 Å². The number of benzene rings is 1. The highest BCUT2D eigenvalue weighted by Crippen LogP contribution is 2.27. The van der Waals surface area contributed by atoms with Crippen LogP contribution in [-0.2, 0) is 16.0 Å². The lowest BCUT2D eigenvalue weighted by Gasteiger charge is -2.34. The smallest absolute Gasteiger partial charge is 0.225 e. The van der Waals surface area contributed by atoms with E-state index in [1.54, 1.807) is 19.1 Å². The molecule has 1 unspecified atom stereocenters. The van der Waals surface area contributed by atoms with Crippen molar-refractivity contribution in [3.05, 3.63) is 35.1 Å². The first-order chi connectivity index (χ1) is 10.3. The van der Waals surface area contributed by atoms with Gasteiger partial charge in [-0.05, 0) is 29.5 Å². The minimum atomic E-state index is -0.578. The Morgan fingerprint density at radius 2 is 1.70 bits per heavy atom. The number of nitrogens with one attached hydrogen (secondary N) is 1. The van der Waals surface area contributed by atoms with E-state index in [9.17, 15) is 14.0 Å². The maximum Gasteiger partial charge on any atom is 0.225 e. The van der Waals surface area contributed by atoms with Crippen LogP contribution in [-0.4, -0.2) is 17.7 Å². The molecule has 1 aromatic rings. The first kappa shape index (κ1) is 19.3. The fourth-order valence-electron chi connectivity index (χ4n) is 2.25. The summed E-state index contributed by atoms with van der Waals surface area (Å²) in [5, 5.41) is 2.83. The number of carbonyl (C=O) groups excluding carboxylic acids is 2. The highest BCUT2D eigenvalue weighted by molar-refractivity contribution is 5.93. The van der Waals surface area contributed by atoms with Crippen LogP contribution in [0.2, 0.25) is 0 Å². The maximum atomic E-state index is 13.6. The van der Waals surface area contributed by atoms with Gasteiger partial charge in [0.25, 0.3) is 0 Å². The number of ketones is 1. The van der Waals surface area contributed by atoms with E-state index in [0.717, 1.165) is 0 Å². The van der Waals surface area contributed by atoms with Crippen molar-refractivity contribution >= 4 is 11.7 Å². The topological polar surface area (TPSA) is 46.2 Å². The second-order valence-corrected chi connectivity index (χ2v) is 8.24. The average Bonchev–Trinajstić information content (AvgIpc) is 2.37. The van der Waals surface area contributed by atoms with Crippen molar-refractivity contribution in [3.63, 3.8) is 0 Å². The molecule has 128 valence electrons. The predicted molar refractivity (Wildman–Crippen MR) is 90.7 cm³/mol. The van der Waals surface area contributed by atoms with Crippen LogP contribution in [0.3, 0.4) is 0 Å². The second kappa shape index (κ2) is 6.81. The standard InChI is InChI=1S/C19H28FNO2/c1-12-8-9-13(10-14(12)20)11-15(22)21-16(18(2,3)4)17(23)19(5,6)7/h8-10,16H,11H2,1-7H3,(H,21,22). The Bertz CT molecular complexity index is 594. The Hall–Kier alpha value is -1.71. The summed E-state index contributed by atoms with van der Waals surface area (Å²) in [4.78, 5) is 24.9. The van der Waals surface area contributed by atoms with E-state index in [2.05, 4.69) is 5.32 Å². The zero-order chi connectivity index (χ0) is 18.0. The molecule has 0 aliphatic rings. The molecule has 4 heteroatoms. The van der Waals surface area contributed by atoms with Crippen molar-refractivity contribution in [3.8, 4) is 0 Å². The van der Waals surface area contributed by atoms with Crippen molar-refractivity contribution < 1.29 is 14.0 Å². The molecule has 0 aromatic heterocycles. The fourth-order valence-corrected chi connectivity index (χ4v) is 2.25. The Kier molecular flexibility index (Phi) is 5.73. The van der Waals surface area contributed by atoms with Gasteiger partial charge in [-0.25, -0.2) is 4.39 Å². The molecule has 0 saturated heterocycles. The summed E-state index contributed by atoms with van der Waals surface area (Å²) in [6.07, 6.45) is 0.0567. The average molecular weight is 321 g/mol. The van der Waals surface area contributed by atoms with Gasteiger partial charge in [0.15, 0.2) is 5.78 Å². The summed E-state index contributed by atoms with van der Waals surface area (Å²) in [6.45, 7) is 13.0. The lowest BCUT2D eigenvalue weighted by Crippen LogP contribution is -2.53. The Labute approximate surface area is 138 Å². The predicted octanol–water partition coefficient (Wildman–Crippen LogP) is 3.82. The number of amides is 1. The van der Waals surface area contributed by atoms with Crippen LogP contribution in [0.1, 0.15) is 52.7 Å². The maximum absolute atomic E-state index is 13.6. The molecule has 0 saturated carbocycles. The number of rotatable bonds is 4. The summed E-state index contributed by atoms with van der Waals surface area (Å²) in [5.41, 5.74) is 0.214. The van der Waals surface area contributed by atoms with Crippen molar-refractivity contribution in [1.29, 1.82) is 0 Å². The Morgan fingerprint density at radius 1 is 1.13 bits per heavy atom. The van der Waals surface area contributed by atoms with Crippen LogP contribution in [0.15, 0.2) is 18.2 Å². The van der Waals surface area contributed by atoms with E-state index in [0.29, 0.717) is 11.1 Å². The first-order valence-electron chi connectivity index (χ1n) is 7.91. The zero-order valence-corrected chi connectivity index (χ0v) is 15.2. The molecule has 1 atom stereocenters. The van der Waals surface area contributed by atoms with Gasteiger partial charge in [0.2, 0.25) is 5.91 Å². The van der Waals surface area contributed by atoms with Gasteiger partial charge < -0.3 is 5.32 Å². The number of hydrogen-bond acceptors (Lipinski definition) is 2. The summed E-state index contributed by atoms with van der Waals surface area (Å²) >= 11 is 0. The summed E-state index contributed by atoms with van der Waals surface area (Å²) < 4.78 is 13.6. The van der Waals surface area contributed by atoms with Gasteiger partial charge >= 0.3 is 0 Å². The second-order valence-electron chi connectivity index (χ2n) is 8.24. The molecule has 23 heavy (non-hydrogen) atoms. The lowest BCUT2D eigenvalue weighted by atomic mass is 9.75. The van der Waals surface area contributed by atoms with Gasteiger partial charge in [0, 0.05) is 5.41 Å². The normalized spacial score (nSPS) is 13.6. The van der Waals surface area contributed by atoms with E-state index in [-0.39, 0.29) is 23.9 Å². The van der Waals surface area contributed by atoms with E-state index in [1.165, 1.54) is 6.07 Å². The van der Waals surface area contributed by atoms with Crippen molar-refractivity contribution in [2.45, 2.75) is 60.9 Å². The van der Waals surface area contributed by atoms with Crippen LogP contribution >= 0.6 is 0 Å². The van der Waals surface area contributed by atoms with Gasteiger partial charge in [-0.1, -0.05) is 53.7 Å². The molecule has 1 N–H and O–H groups in total. The first-order valence-corrected chi connectivity index (χ1v) is 7.91. The Morgan fingerprint density at radius 3 is 2.13 bits per heavy atom. The summed E-state index contributed by atoms with van der Waals surface area (Å²) in [6, 6.07) is 4.17. The Balaban J connectivity index is 2.89. The van der Waals surface area contributed by atoms with Crippen LogP contribution < -0.4 is 5.32 Å². The quantitative estimate of drug-likeness (QED) is 0.916. The highest BCUT2D eigenvalue weighted by Gasteiger charge is 2.38. The molecule has 0 fully saturated rings. The summed E-state index contributed by atoms with van der Waals surface area (Å²) in [5.74, 6) is -0.604. The molecule has 0 spiro atoms. The number of Topliss-reactive ketones (excluding diaryl/α,β-unsaturated/α-hetero) is 1. The molecule has 1 aromatic carbocycles. The summed E-state index contributed by atoms with van der Waals surface area (Å²) in [7, 11) is 0. The van der Waals surface area contributed by atoms with Crippen molar-refractivity contribution in [1.82, 2.24) is 5.32 Å². The third-order valence-corrected chi connectivity index (χ3v) is 3.77. The minimum absolute atomic E-state index is 0.00608. The van der Waals surface area contributed by atoms with Crippen molar-refractivity contribution in [2.75, 3.05) is 0 Å². The molecule has 0 bridgehead atoms. The van der Waals surface area contributed by atoms with E-state index in [1.807, 2.05) is 41.5 Å². The number of aryl methyl sites for hydroxylation is 1. The van der Waals surface area contributed by atoms with E-state index >= 15 is 0 Å². The van der Waals surface area contributed by atoms with Gasteiger partial charge in [-0.15, -0.1) is 0 Å². The number of carbonyl (C=O) groups is 2. The van der Waals surface area contributed by atoms with Gasteiger partial charge in [-0.3, -0.25) is 9.59 Å². The van der Waals surface area contributed by atoms with E-state index in [4.69, 9.17) is 0 Å². The monoisotopic (exact) mass is 321 g/mol. The molecular weight excluding hydrogens is 293 g/mol. The van der Waals surface area contributed by atoms with E-state index < -0.39 is 16.9 Å². The van der Waals surface area contributed by atoms with Crippen LogP contribution in [0.4, 0.5) is 4.39 Å². The highest BCUT2D eigenvalue weighted by atomic mass is 19.1.